The van der Waals surface area contributed by atoms with Crippen LogP contribution in [-0.4, -0.2) is 82.6 Å². The van der Waals surface area contributed by atoms with Gasteiger partial charge in [-0.25, -0.2) is 18.2 Å². The number of aliphatic hydroxyl groups is 1. The lowest BCUT2D eigenvalue weighted by Gasteiger charge is -2.31. The lowest BCUT2D eigenvalue weighted by Crippen LogP contribution is -2.54. The van der Waals surface area contributed by atoms with Crippen molar-refractivity contribution in [1.29, 1.82) is 0 Å². The molecule has 2 unspecified atom stereocenters. The minimum absolute atomic E-state index is 0.0165. The summed E-state index contributed by atoms with van der Waals surface area (Å²) in [5.41, 5.74) is 0.898. The molecule has 2 fully saturated rings. The SMILES string of the molecule is COc1ccc(S(=O)(=O)NN(CC(C)C)C[C@@H](O)[C@H](Cc2ccccc2)NC(=O)OC2CO[C@H]3OCCC23)cc1. The molecule has 0 aromatic heterocycles. The summed E-state index contributed by atoms with van der Waals surface area (Å²) < 4.78 is 48.1. The van der Waals surface area contributed by atoms with Crippen LogP contribution < -0.4 is 14.9 Å². The second kappa shape index (κ2) is 13.7. The van der Waals surface area contributed by atoms with Crippen molar-refractivity contribution in [1.82, 2.24) is 15.2 Å². The highest BCUT2D eigenvalue weighted by Gasteiger charge is 2.44. The largest absolute Gasteiger partial charge is 0.497 e. The zero-order chi connectivity index (χ0) is 28.7. The number of benzene rings is 2. The summed E-state index contributed by atoms with van der Waals surface area (Å²) in [4.78, 5) is 15.6. The molecule has 2 saturated heterocycles. The number of methoxy groups -OCH3 is 1. The van der Waals surface area contributed by atoms with Gasteiger partial charge in [-0.05, 0) is 48.6 Å². The third kappa shape index (κ3) is 8.15. The number of ether oxygens (including phenoxy) is 4. The Kier molecular flexibility index (Phi) is 10.4. The number of hydrazine groups is 1. The highest BCUT2D eigenvalue weighted by Crippen LogP contribution is 2.33. The predicted molar refractivity (Wildman–Crippen MR) is 147 cm³/mol. The van der Waals surface area contributed by atoms with Gasteiger partial charge < -0.3 is 29.4 Å². The maximum atomic E-state index is 13.1. The van der Waals surface area contributed by atoms with E-state index in [9.17, 15) is 18.3 Å². The maximum absolute atomic E-state index is 13.1. The smallest absolute Gasteiger partial charge is 0.407 e. The molecule has 40 heavy (non-hydrogen) atoms. The summed E-state index contributed by atoms with van der Waals surface area (Å²) >= 11 is 0. The molecular weight excluding hydrogens is 538 g/mol. The van der Waals surface area contributed by atoms with Crippen LogP contribution in [0.15, 0.2) is 59.5 Å². The number of fused-ring (bicyclic) bond motifs is 1. The van der Waals surface area contributed by atoms with Crippen molar-refractivity contribution in [3.63, 3.8) is 0 Å². The normalized spacial score (nSPS) is 22.2. The molecular formula is C28H39N3O8S. The van der Waals surface area contributed by atoms with Gasteiger partial charge in [-0.15, -0.1) is 4.83 Å². The molecule has 0 bridgehead atoms. The minimum atomic E-state index is -3.94. The fraction of sp³-hybridized carbons (Fsp3) is 0.536. The molecule has 2 heterocycles. The summed E-state index contributed by atoms with van der Waals surface area (Å²) in [6.07, 6.45) is -1.53. The Labute approximate surface area is 235 Å². The first kappa shape index (κ1) is 30.2. The van der Waals surface area contributed by atoms with Crippen LogP contribution in [0.25, 0.3) is 0 Å². The van der Waals surface area contributed by atoms with Crippen molar-refractivity contribution >= 4 is 16.1 Å². The number of hydrogen-bond donors (Lipinski definition) is 3. The maximum Gasteiger partial charge on any atom is 0.407 e. The van der Waals surface area contributed by atoms with Crippen LogP contribution in [0.3, 0.4) is 0 Å². The zero-order valence-corrected chi connectivity index (χ0v) is 23.9. The van der Waals surface area contributed by atoms with Crippen molar-refractivity contribution in [3.05, 3.63) is 60.2 Å². The second-order valence-electron chi connectivity index (χ2n) is 10.5. The Balaban J connectivity index is 1.46. The highest BCUT2D eigenvalue weighted by molar-refractivity contribution is 7.89. The van der Waals surface area contributed by atoms with Crippen LogP contribution in [0.2, 0.25) is 0 Å². The fourth-order valence-electron chi connectivity index (χ4n) is 4.94. The molecule has 2 aromatic carbocycles. The lowest BCUT2D eigenvalue weighted by atomic mass is 10.0. The fourth-order valence-corrected chi connectivity index (χ4v) is 6.03. The van der Waals surface area contributed by atoms with Crippen molar-refractivity contribution in [2.45, 2.75) is 56.1 Å². The van der Waals surface area contributed by atoms with E-state index in [0.717, 1.165) is 12.0 Å². The number of alkyl carbamates (subject to hydrolysis) is 1. The summed E-state index contributed by atoms with van der Waals surface area (Å²) in [6.45, 7) is 4.96. The molecule has 0 spiro atoms. The molecule has 2 aliphatic rings. The van der Waals surface area contributed by atoms with Gasteiger partial charge in [-0.2, -0.15) is 0 Å². The molecule has 11 nitrogen and oxygen atoms in total. The number of carbonyl (C=O) groups is 1. The standard InChI is InChI=1S/C28H39N3O8S/c1-19(2)16-31(30-40(34,35)22-11-9-21(36-3)10-12-22)17-25(32)24(15-20-7-5-4-6-8-20)29-28(33)39-26-18-38-27-23(26)13-14-37-27/h4-12,19,23-27,30,32H,13-18H2,1-3H3,(H,29,33)/t23?,24-,25+,26?,27+/m0/s1. The first-order valence-corrected chi connectivity index (χ1v) is 15.0. The number of nitrogens with one attached hydrogen (secondary N) is 2. The Hall–Kier alpha value is -2.74. The molecule has 1 amide bonds. The van der Waals surface area contributed by atoms with E-state index in [1.54, 1.807) is 12.1 Å². The number of amides is 1. The average molecular weight is 578 g/mol. The second-order valence-corrected chi connectivity index (χ2v) is 12.2. The first-order valence-electron chi connectivity index (χ1n) is 13.5. The van der Waals surface area contributed by atoms with E-state index in [1.165, 1.54) is 24.3 Å². The molecule has 4 rings (SSSR count). The number of rotatable bonds is 13. The van der Waals surface area contributed by atoms with Crippen LogP contribution in [0.1, 0.15) is 25.8 Å². The van der Waals surface area contributed by atoms with Gasteiger partial charge in [0.2, 0.25) is 0 Å². The minimum Gasteiger partial charge on any atom is -0.497 e. The van der Waals surface area contributed by atoms with Gasteiger partial charge in [0.25, 0.3) is 10.0 Å². The summed E-state index contributed by atoms with van der Waals surface area (Å²) in [6, 6.07) is 14.7. The zero-order valence-electron chi connectivity index (χ0n) is 23.1. The van der Waals surface area contributed by atoms with Crippen molar-refractivity contribution in [2.24, 2.45) is 11.8 Å². The van der Waals surface area contributed by atoms with Gasteiger partial charge in [0, 0.05) is 13.1 Å². The number of aliphatic hydroxyl groups excluding tert-OH is 1. The summed E-state index contributed by atoms with van der Waals surface area (Å²) in [5.74, 6) is 0.604. The van der Waals surface area contributed by atoms with Gasteiger partial charge in [0.1, 0.15) is 11.9 Å². The predicted octanol–water partition coefficient (Wildman–Crippen LogP) is 2.31. The van der Waals surface area contributed by atoms with Crippen molar-refractivity contribution in [3.8, 4) is 5.75 Å². The van der Waals surface area contributed by atoms with Crippen LogP contribution in [-0.2, 0) is 30.7 Å². The van der Waals surface area contributed by atoms with Gasteiger partial charge in [0.15, 0.2) is 6.29 Å². The van der Waals surface area contributed by atoms with Crippen LogP contribution in [0.5, 0.6) is 5.75 Å². The van der Waals surface area contributed by atoms with Crippen LogP contribution in [0.4, 0.5) is 4.79 Å². The topological polar surface area (TPSA) is 136 Å². The van der Waals surface area contributed by atoms with Crippen LogP contribution in [0, 0.1) is 11.8 Å². The van der Waals surface area contributed by atoms with Gasteiger partial charge in [0.05, 0.1) is 43.3 Å². The number of sulfonamides is 1. The molecule has 0 radical (unpaired) electrons. The monoisotopic (exact) mass is 577 g/mol. The lowest BCUT2D eigenvalue weighted by molar-refractivity contribution is -0.0907. The Morgan fingerprint density at radius 1 is 1.10 bits per heavy atom. The molecule has 2 aliphatic heterocycles. The third-order valence-corrected chi connectivity index (χ3v) is 8.31. The van der Waals surface area contributed by atoms with Crippen molar-refractivity contribution < 1.29 is 37.3 Å². The number of nitrogens with zero attached hydrogens (tertiary/aromatic N) is 1. The Morgan fingerprint density at radius 2 is 1.82 bits per heavy atom. The molecule has 12 heteroatoms. The van der Waals surface area contributed by atoms with Gasteiger partial charge >= 0.3 is 6.09 Å². The molecule has 0 aliphatic carbocycles. The molecule has 220 valence electrons. The molecule has 5 atom stereocenters. The number of carbonyl (C=O) groups excluding carboxylic acids is 1. The van der Waals surface area contributed by atoms with E-state index in [-0.39, 0.29) is 36.2 Å². The first-order chi connectivity index (χ1) is 19.1. The summed E-state index contributed by atoms with van der Waals surface area (Å²) in [7, 11) is -2.43. The van der Waals surface area contributed by atoms with Crippen molar-refractivity contribution in [2.75, 3.05) is 33.4 Å². The Morgan fingerprint density at radius 3 is 2.50 bits per heavy atom. The Bertz CT molecular complexity index is 1200. The quantitative estimate of drug-likeness (QED) is 0.307. The van der Waals surface area contributed by atoms with E-state index in [1.807, 2.05) is 44.2 Å². The van der Waals surface area contributed by atoms with E-state index in [0.29, 0.717) is 25.3 Å². The molecule has 3 N–H and O–H groups in total. The van der Waals surface area contributed by atoms with E-state index in [4.69, 9.17) is 18.9 Å². The van der Waals surface area contributed by atoms with Crippen LogP contribution >= 0.6 is 0 Å². The van der Waals surface area contributed by atoms with E-state index >= 15 is 0 Å². The van der Waals surface area contributed by atoms with E-state index < -0.39 is 34.4 Å². The summed E-state index contributed by atoms with van der Waals surface area (Å²) in [5, 5.41) is 15.6. The average Bonchev–Trinajstić information content (AvgIpc) is 3.53. The van der Waals surface area contributed by atoms with Gasteiger partial charge in [-0.1, -0.05) is 44.2 Å². The molecule has 0 saturated carbocycles. The molecule has 2 aromatic rings. The van der Waals surface area contributed by atoms with Gasteiger partial charge in [-0.3, -0.25) is 0 Å². The van der Waals surface area contributed by atoms with E-state index in [2.05, 4.69) is 10.1 Å². The number of hydrogen-bond acceptors (Lipinski definition) is 9. The highest BCUT2D eigenvalue weighted by atomic mass is 32.2. The third-order valence-electron chi connectivity index (χ3n) is 6.92.